The Labute approximate surface area is 225 Å². The largest absolute Gasteiger partial charge is 0.378 e. The summed E-state index contributed by atoms with van der Waals surface area (Å²) in [7, 11) is 0. The molecule has 192 valence electrons. The van der Waals surface area contributed by atoms with Crippen LogP contribution in [0.1, 0.15) is 11.3 Å². The molecule has 0 radical (unpaired) electrons. The average Bonchev–Trinajstić information content (AvgIpc) is 3.49. The zero-order valence-corrected chi connectivity index (χ0v) is 21.3. The highest BCUT2D eigenvalue weighted by molar-refractivity contribution is 5.72. The van der Waals surface area contributed by atoms with Crippen LogP contribution in [0, 0.1) is 18.3 Å². The summed E-state index contributed by atoms with van der Waals surface area (Å²) in [5.74, 6) is 1.06. The molecule has 1 aliphatic heterocycles. The number of ether oxygens (including phenoxy) is 1. The fraction of sp³-hybridized carbons (Fsp3) is 0.172. The van der Waals surface area contributed by atoms with Crippen LogP contribution < -0.4 is 10.2 Å². The van der Waals surface area contributed by atoms with E-state index < -0.39 is 0 Å². The highest BCUT2D eigenvalue weighted by Crippen LogP contribution is 2.28. The van der Waals surface area contributed by atoms with Crippen molar-refractivity contribution in [3.63, 3.8) is 0 Å². The summed E-state index contributed by atoms with van der Waals surface area (Å²) >= 11 is 0. The maximum atomic E-state index is 9.84. The van der Waals surface area contributed by atoms with Gasteiger partial charge in [-0.1, -0.05) is 0 Å². The Morgan fingerprint density at radius 2 is 1.74 bits per heavy atom. The molecule has 39 heavy (non-hydrogen) atoms. The first-order valence-electron chi connectivity index (χ1n) is 12.6. The standard InChI is InChI=1S/C29H25N9O/c1-20-2-3-21(18-32-20)28-33-19-38(36-28)24-6-4-23(5-7-24)34-29-31-11-10-27(35-29)26-9-8-25(16-22(26)17-30)37-12-14-39-15-13-37/h2-11,16,18-19H,12-15H2,1H3,(H,31,34,35). The van der Waals surface area contributed by atoms with Crippen LogP contribution in [0.5, 0.6) is 0 Å². The molecule has 6 rings (SSSR count). The topological polar surface area (TPSA) is 118 Å². The van der Waals surface area contributed by atoms with E-state index in [1.165, 1.54) is 0 Å². The molecule has 10 nitrogen and oxygen atoms in total. The van der Waals surface area contributed by atoms with Gasteiger partial charge in [0.15, 0.2) is 5.82 Å². The first-order chi connectivity index (χ1) is 19.2. The van der Waals surface area contributed by atoms with Gasteiger partial charge in [-0.2, -0.15) is 5.26 Å². The molecule has 10 heteroatoms. The Morgan fingerprint density at radius 3 is 2.51 bits per heavy atom. The Bertz CT molecular complexity index is 1630. The lowest BCUT2D eigenvalue weighted by Crippen LogP contribution is -2.36. The number of hydrogen-bond acceptors (Lipinski definition) is 9. The summed E-state index contributed by atoms with van der Waals surface area (Å²) in [4.78, 5) is 20.0. The van der Waals surface area contributed by atoms with E-state index in [2.05, 4.69) is 41.3 Å². The minimum Gasteiger partial charge on any atom is -0.378 e. The molecular formula is C29H25N9O. The first kappa shape index (κ1) is 24.2. The third-order valence-electron chi connectivity index (χ3n) is 6.48. The van der Waals surface area contributed by atoms with Crippen LogP contribution in [0.3, 0.4) is 0 Å². The minimum atomic E-state index is 0.441. The maximum absolute atomic E-state index is 9.84. The van der Waals surface area contributed by atoms with Gasteiger partial charge in [-0.05, 0) is 67.6 Å². The number of nitriles is 1. The number of aromatic nitrogens is 6. The van der Waals surface area contributed by atoms with Crippen molar-refractivity contribution in [2.45, 2.75) is 6.92 Å². The number of morpholine rings is 1. The van der Waals surface area contributed by atoms with Crippen LogP contribution in [-0.4, -0.2) is 56.0 Å². The fourth-order valence-electron chi connectivity index (χ4n) is 4.38. The van der Waals surface area contributed by atoms with Gasteiger partial charge in [0.05, 0.1) is 36.2 Å². The molecule has 0 saturated carbocycles. The highest BCUT2D eigenvalue weighted by atomic mass is 16.5. The summed E-state index contributed by atoms with van der Waals surface area (Å²) in [5.41, 5.74) is 6.53. The SMILES string of the molecule is Cc1ccc(-c2ncn(-c3ccc(Nc4nccc(-c5ccc(N6CCOCC6)cc5C#N)n4)cc3)n2)cn1. The maximum Gasteiger partial charge on any atom is 0.227 e. The smallest absolute Gasteiger partial charge is 0.227 e. The lowest BCUT2D eigenvalue weighted by atomic mass is 10.0. The summed E-state index contributed by atoms with van der Waals surface area (Å²) in [6, 6.07) is 21.7. The van der Waals surface area contributed by atoms with Crippen molar-refractivity contribution in [1.29, 1.82) is 5.26 Å². The number of hydrogen-bond donors (Lipinski definition) is 1. The number of nitrogens with zero attached hydrogens (tertiary/aromatic N) is 8. The predicted octanol–water partition coefficient (Wildman–Crippen LogP) is 4.55. The number of anilines is 3. The van der Waals surface area contributed by atoms with E-state index in [4.69, 9.17) is 4.74 Å². The lowest BCUT2D eigenvalue weighted by Gasteiger charge is -2.29. The van der Waals surface area contributed by atoms with Crippen molar-refractivity contribution < 1.29 is 4.74 Å². The summed E-state index contributed by atoms with van der Waals surface area (Å²) < 4.78 is 7.17. The Balaban J connectivity index is 1.18. The summed E-state index contributed by atoms with van der Waals surface area (Å²) in [6.45, 7) is 4.95. The molecule has 0 bridgehead atoms. The summed E-state index contributed by atoms with van der Waals surface area (Å²) in [5, 5.41) is 17.7. The number of benzene rings is 2. The van der Waals surface area contributed by atoms with Crippen molar-refractivity contribution in [2.24, 2.45) is 0 Å². The van der Waals surface area contributed by atoms with Gasteiger partial charge in [-0.3, -0.25) is 4.98 Å². The van der Waals surface area contributed by atoms with Crippen molar-refractivity contribution in [1.82, 2.24) is 29.7 Å². The monoisotopic (exact) mass is 515 g/mol. The molecule has 0 spiro atoms. The lowest BCUT2D eigenvalue weighted by molar-refractivity contribution is 0.122. The van der Waals surface area contributed by atoms with E-state index in [9.17, 15) is 5.26 Å². The molecule has 3 aromatic heterocycles. The first-order valence-corrected chi connectivity index (χ1v) is 12.6. The number of pyridine rings is 1. The molecule has 1 fully saturated rings. The average molecular weight is 516 g/mol. The van der Waals surface area contributed by atoms with Crippen molar-refractivity contribution in [3.8, 4) is 34.4 Å². The van der Waals surface area contributed by atoms with E-state index in [0.29, 0.717) is 36.2 Å². The van der Waals surface area contributed by atoms with E-state index in [1.807, 2.05) is 67.6 Å². The Hall–Kier alpha value is -5.14. The third-order valence-corrected chi connectivity index (χ3v) is 6.48. The van der Waals surface area contributed by atoms with Crippen LogP contribution in [0.4, 0.5) is 17.3 Å². The van der Waals surface area contributed by atoms with Crippen molar-refractivity contribution in [3.05, 3.63) is 90.6 Å². The van der Waals surface area contributed by atoms with E-state index in [0.717, 1.165) is 47.0 Å². The second-order valence-electron chi connectivity index (χ2n) is 9.08. The fourth-order valence-corrected chi connectivity index (χ4v) is 4.38. The van der Waals surface area contributed by atoms with Gasteiger partial charge in [0.25, 0.3) is 0 Å². The molecule has 0 unspecified atom stereocenters. The molecule has 2 aromatic carbocycles. The second-order valence-corrected chi connectivity index (χ2v) is 9.08. The van der Waals surface area contributed by atoms with Crippen LogP contribution in [0.2, 0.25) is 0 Å². The molecule has 0 aliphatic carbocycles. The van der Waals surface area contributed by atoms with Crippen molar-refractivity contribution in [2.75, 3.05) is 36.5 Å². The molecule has 5 aromatic rings. The van der Waals surface area contributed by atoms with Gasteiger partial charge in [0.1, 0.15) is 6.33 Å². The molecule has 0 amide bonds. The van der Waals surface area contributed by atoms with Gasteiger partial charge in [0, 0.05) is 53.7 Å². The molecular weight excluding hydrogens is 490 g/mol. The second kappa shape index (κ2) is 10.7. The van der Waals surface area contributed by atoms with Gasteiger partial charge >= 0.3 is 0 Å². The van der Waals surface area contributed by atoms with E-state index >= 15 is 0 Å². The number of nitrogens with one attached hydrogen (secondary N) is 1. The van der Waals surface area contributed by atoms with Crippen LogP contribution in [0.25, 0.3) is 28.3 Å². The van der Waals surface area contributed by atoms with Crippen LogP contribution >= 0.6 is 0 Å². The predicted molar refractivity (Wildman–Crippen MR) is 148 cm³/mol. The zero-order valence-electron chi connectivity index (χ0n) is 21.3. The Kier molecular flexibility index (Phi) is 6.64. The molecule has 4 heterocycles. The third kappa shape index (κ3) is 5.30. The molecule has 0 atom stereocenters. The van der Waals surface area contributed by atoms with Gasteiger partial charge in [-0.15, -0.1) is 5.10 Å². The van der Waals surface area contributed by atoms with Crippen LogP contribution in [-0.2, 0) is 4.74 Å². The van der Waals surface area contributed by atoms with Gasteiger partial charge in [0.2, 0.25) is 5.95 Å². The summed E-state index contributed by atoms with van der Waals surface area (Å²) in [6.07, 6.45) is 5.14. The van der Waals surface area contributed by atoms with E-state index in [-0.39, 0.29) is 0 Å². The normalized spacial score (nSPS) is 13.2. The minimum absolute atomic E-state index is 0.441. The quantitative estimate of drug-likeness (QED) is 0.347. The number of rotatable bonds is 6. The van der Waals surface area contributed by atoms with Gasteiger partial charge in [-0.25, -0.2) is 19.6 Å². The molecule has 1 N–H and O–H groups in total. The zero-order chi connectivity index (χ0) is 26.6. The van der Waals surface area contributed by atoms with Crippen molar-refractivity contribution >= 4 is 17.3 Å². The number of aryl methyl sites for hydroxylation is 1. The molecule has 1 aliphatic rings. The molecule has 1 saturated heterocycles. The van der Waals surface area contributed by atoms with Gasteiger partial charge < -0.3 is 15.0 Å². The highest BCUT2D eigenvalue weighted by Gasteiger charge is 2.15. The Morgan fingerprint density at radius 1 is 0.923 bits per heavy atom. The van der Waals surface area contributed by atoms with Crippen LogP contribution in [0.15, 0.2) is 79.4 Å². The van der Waals surface area contributed by atoms with E-state index in [1.54, 1.807) is 23.4 Å².